The Hall–Kier alpha value is -0.910. The minimum absolute atomic E-state index is 0.00407. The average molecular weight is 337 g/mol. The largest absolute Gasteiger partial charge is 0.396 e. The number of rotatable bonds is 11. The van der Waals surface area contributed by atoms with Gasteiger partial charge in [0, 0.05) is 19.1 Å². The van der Waals surface area contributed by atoms with E-state index in [0.29, 0.717) is 13.2 Å². The monoisotopic (exact) mass is 337 g/mol. The van der Waals surface area contributed by atoms with Crippen LogP contribution in [0.25, 0.3) is 0 Å². The Morgan fingerprint density at radius 1 is 1.12 bits per heavy atom. The summed E-state index contributed by atoms with van der Waals surface area (Å²) in [5.74, 6) is 0.337. The predicted octanol–water partition coefficient (Wildman–Crippen LogP) is 2.48. The molecule has 0 aliphatic carbocycles. The van der Waals surface area contributed by atoms with Gasteiger partial charge in [0.25, 0.3) is 0 Å². The lowest BCUT2D eigenvalue weighted by molar-refractivity contribution is -0.141. The SMILES string of the molecule is C=C[C@H]1OCC2C3OC3N(CCCCCCCCCCO)C(=O)C21. The number of likely N-dealkylation sites (tertiary alicyclic amines) is 1. The normalized spacial score (nSPS) is 34.1. The first-order valence-corrected chi connectivity index (χ1v) is 9.59. The molecule has 0 saturated carbocycles. The van der Waals surface area contributed by atoms with Gasteiger partial charge in [-0.05, 0) is 12.8 Å². The third kappa shape index (κ3) is 3.84. The number of aliphatic hydroxyl groups is 1. The van der Waals surface area contributed by atoms with Crippen molar-refractivity contribution < 1.29 is 19.4 Å². The highest BCUT2D eigenvalue weighted by atomic mass is 16.6. The zero-order valence-corrected chi connectivity index (χ0v) is 14.6. The standard InChI is InChI=1S/C19H31NO4/c1-2-15-16-14(13-23-15)17-19(24-17)20(18(16)22)11-9-7-5-3-4-6-8-10-12-21/h2,14-17,19,21H,1,3-13H2/t14?,15-,16?,17?,19?/m1/s1. The van der Waals surface area contributed by atoms with Crippen LogP contribution >= 0.6 is 0 Å². The van der Waals surface area contributed by atoms with Gasteiger partial charge in [-0.2, -0.15) is 0 Å². The van der Waals surface area contributed by atoms with Crippen molar-refractivity contribution in [2.75, 3.05) is 19.8 Å². The van der Waals surface area contributed by atoms with E-state index in [1.807, 2.05) is 4.90 Å². The summed E-state index contributed by atoms with van der Waals surface area (Å²) in [6, 6.07) is 0. The van der Waals surface area contributed by atoms with Crippen molar-refractivity contribution >= 4 is 5.91 Å². The zero-order chi connectivity index (χ0) is 16.9. The van der Waals surface area contributed by atoms with E-state index in [4.69, 9.17) is 14.6 Å². The summed E-state index contributed by atoms with van der Waals surface area (Å²) in [6.07, 6.45) is 11.0. The van der Waals surface area contributed by atoms with Crippen molar-refractivity contribution in [3.63, 3.8) is 0 Å². The van der Waals surface area contributed by atoms with E-state index >= 15 is 0 Å². The lowest BCUT2D eigenvalue weighted by Gasteiger charge is -2.31. The number of nitrogens with zero attached hydrogens (tertiary/aromatic N) is 1. The Labute approximate surface area is 145 Å². The second-order valence-corrected chi connectivity index (χ2v) is 7.30. The number of unbranched alkanes of at least 4 members (excludes halogenated alkanes) is 7. The number of piperidine rings is 1. The number of ether oxygens (including phenoxy) is 2. The topological polar surface area (TPSA) is 62.3 Å². The molecule has 1 amide bonds. The van der Waals surface area contributed by atoms with Gasteiger partial charge in [-0.1, -0.05) is 44.6 Å². The molecular weight excluding hydrogens is 306 g/mol. The van der Waals surface area contributed by atoms with Crippen LogP contribution in [0, 0.1) is 11.8 Å². The van der Waals surface area contributed by atoms with Gasteiger partial charge >= 0.3 is 0 Å². The number of hydrogen-bond acceptors (Lipinski definition) is 4. The van der Waals surface area contributed by atoms with Crippen LogP contribution in [0.15, 0.2) is 12.7 Å². The van der Waals surface area contributed by atoms with E-state index in [1.165, 1.54) is 25.7 Å². The summed E-state index contributed by atoms with van der Waals surface area (Å²) in [5, 5.41) is 8.74. The first kappa shape index (κ1) is 17.9. The Bertz CT molecular complexity index is 441. The van der Waals surface area contributed by atoms with E-state index in [2.05, 4.69) is 6.58 Å². The maximum Gasteiger partial charge on any atom is 0.231 e. The van der Waals surface area contributed by atoms with Crippen LogP contribution in [0.3, 0.4) is 0 Å². The Kier molecular flexibility index (Phi) is 6.31. The van der Waals surface area contributed by atoms with Crippen molar-refractivity contribution in [3.05, 3.63) is 12.7 Å². The van der Waals surface area contributed by atoms with Crippen LogP contribution in [0.2, 0.25) is 0 Å². The first-order chi connectivity index (χ1) is 11.8. The van der Waals surface area contributed by atoms with E-state index in [-0.39, 0.29) is 36.2 Å². The van der Waals surface area contributed by atoms with Crippen molar-refractivity contribution in [3.8, 4) is 0 Å². The number of aliphatic hydroxyl groups excluding tert-OH is 1. The summed E-state index contributed by atoms with van der Waals surface area (Å²) in [6.45, 7) is 5.54. The highest BCUT2D eigenvalue weighted by Crippen LogP contribution is 2.47. The van der Waals surface area contributed by atoms with Crippen molar-refractivity contribution in [1.29, 1.82) is 0 Å². The van der Waals surface area contributed by atoms with Gasteiger partial charge in [0.15, 0.2) is 6.23 Å². The van der Waals surface area contributed by atoms with Gasteiger partial charge in [0.2, 0.25) is 5.91 Å². The highest BCUT2D eigenvalue weighted by Gasteiger charge is 2.62. The minimum atomic E-state index is -0.144. The number of amides is 1. The van der Waals surface area contributed by atoms with Crippen molar-refractivity contribution in [2.24, 2.45) is 11.8 Å². The molecule has 3 aliphatic rings. The molecule has 24 heavy (non-hydrogen) atoms. The third-order valence-corrected chi connectivity index (χ3v) is 5.63. The molecule has 0 radical (unpaired) electrons. The van der Waals surface area contributed by atoms with Gasteiger partial charge in [0.05, 0.1) is 18.6 Å². The maximum atomic E-state index is 12.8. The first-order valence-electron chi connectivity index (χ1n) is 9.59. The second-order valence-electron chi connectivity index (χ2n) is 7.30. The lowest BCUT2D eigenvalue weighted by atomic mass is 9.83. The average Bonchev–Trinajstić information content (AvgIpc) is 3.26. The van der Waals surface area contributed by atoms with Gasteiger partial charge in [-0.15, -0.1) is 6.58 Å². The van der Waals surface area contributed by atoms with E-state index in [1.54, 1.807) is 6.08 Å². The molecule has 0 aromatic heterocycles. The zero-order valence-electron chi connectivity index (χ0n) is 14.6. The van der Waals surface area contributed by atoms with Crippen LogP contribution in [-0.4, -0.2) is 54.1 Å². The predicted molar refractivity (Wildman–Crippen MR) is 91.3 cm³/mol. The number of fused-ring (bicyclic) bond motifs is 3. The van der Waals surface area contributed by atoms with Crippen LogP contribution in [0.5, 0.6) is 0 Å². The Morgan fingerprint density at radius 3 is 2.46 bits per heavy atom. The van der Waals surface area contributed by atoms with E-state index < -0.39 is 0 Å². The molecule has 3 aliphatic heterocycles. The molecule has 3 rings (SSSR count). The van der Waals surface area contributed by atoms with Crippen LogP contribution in [-0.2, 0) is 14.3 Å². The Balaban J connectivity index is 1.34. The van der Waals surface area contributed by atoms with Gasteiger partial charge in [0.1, 0.15) is 6.10 Å². The molecule has 0 aromatic carbocycles. The van der Waals surface area contributed by atoms with Gasteiger partial charge < -0.3 is 19.5 Å². The molecule has 136 valence electrons. The quantitative estimate of drug-likeness (QED) is 0.357. The van der Waals surface area contributed by atoms with Crippen molar-refractivity contribution in [2.45, 2.75) is 69.8 Å². The van der Waals surface area contributed by atoms with Crippen molar-refractivity contribution in [1.82, 2.24) is 4.90 Å². The fraction of sp³-hybridized carbons (Fsp3) is 0.842. The summed E-state index contributed by atoms with van der Waals surface area (Å²) < 4.78 is 11.5. The van der Waals surface area contributed by atoms with E-state index in [9.17, 15) is 4.79 Å². The molecule has 3 saturated heterocycles. The summed E-state index contributed by atoms with van der Waals surface area (Å²) in [5.41, 5.74) is 0. The third-order valence-electron chi connectivity index (χ3n) is 5.63. The van der Waals surface area contributed by atoms with Crippen LogP contribution in [0.1, 0.15) is 51.4 Å². The molecule has 3 heterocycles. The van der Waals surface area contributed by atoms with Crippen LogP contribution < -0.4 is 0 Å². The summed E-state index contributed by atoms with van der Waals surface area (Å²) in [4.78, 5) is 14.7. The second kappa shape index (κ2) is 8.45. The van der Waals surface area contributed by atoms with Crippen LogP contribution in [0.4, 0.5) is 0 Å². The highest BCUT2D eigenvalue weighted by molar-refractivity contribution is 5.82. The molecular formula is C19H31NO4. The number of carbonyl (C=O) groups excluding carboxylic acids is 1. The lowest BCUT2D eigenvalue weighted by Crippen LogP contribution is -2.49. The number of epoxide rings is 1. The number of hydrogen-bond donors (Lipinski definition) is 1. The van der Waals surface area contributed by atoms with Gasteiger partial charge in [-0.25, -0.2) is 0 Å². The minimum Gasteiger partial charge on any atom is -0.396 e. The molecule has 5 atom stereocenters. The molecule has 5 nitrogen and oxygen atoms in total. The molecule has 1 N–H and O–H groups in total. The fourth-order valence-electron chi connectivity index (χ4n) is 4.20. The molecule has 0 aromatic rings. The molecule has 0 spiro atoms. The molecule has 4 unspecified atom stereocenters. The number of carbonyl (C=O) groups is 1. The Morgan fingerprint density at radius 2 is 1.79 bits per heavy atom. The van der Waals surface area contributed by atoms with E-state index in [0.717, 1.165) is 32.2 Å². The molecule has 5 heteroatoms. The van der Waals surface area contributed by atoms with Gasteiger partial charge in [-0.3, -0.25) is 4.79 Å². The summed E-state index contributed by atoms with van der Waals surface area (Å²) in [7, 11) is 0. The fourth-order valence-corrected chi connectivity index (χ4v) is 4.20. The molecule has 3 fully saturated rings. The summed E-state index contributed by atoms with van der Waals surface area (Å²) >= 11 is 0. The smallest absolute Gasteiger partial charge is 0.231 e. The maximum absolute atomic E-state index is 12.8. The molecule has 0 bridgehead atoms.